The summed E-state index contributed by atoms with van der Waals surface area (Å²) in [6, 6.07) is 5.28. The van der Waals surface area contributed by atoms with Gasteiger partial charge in [-0.1, -0.05) is 43.2 Å². The highest BCUT2D eigenvalue weighted by Gasteiger charge is 2.33. The second-order valence-electron chi connectivity index (χ2n) is 6.57. The van der Waals surface area contributed by atoms with Crippen molar-refractivity contribution in [3.05, 3.63) is 35.7 Å². The van der Waals surface area contributed by atoms with E-state index in [1.165, 1.54) is 36.4 Å². The molecule has 1 aromatic heterocycles. The minimum absolute atomic E-state index is 0.0307. The number of hydrogen-bond donors (Lipinski definition) is 1. The van der Waals surface area contributed by atoms with Gasteiger partial charge >= 0.3 is 6.18 Å². The molecule has 0 atom stereocenters. The van der Waals surface area contributed by atoms with Crippen LogP contribution in [0.5, 0.6) is 0 Å². The molecular formula is C18H21F3N4OS. The van der Waals surface area contributed by atoms with Crippen LogP contribution < -0.4 is 5.32 Å². The van der Waals surface area contributed by atoms with Gasteiger partial charge in [0.05, 0.1) is 17.0 Å². The fourth-order valence-corrected chi connectivity index (χ4v) is 4.21. The maximum atomic E-state index is 13.0. The fourth-order valence-electron chi connectivity index (χ4n) is 3.36. The van der Waals surface area contributed by atoms with Gasteiger partial charge in [0.2, 0.25) is 5.91 Å². The maximum absolute atomic E-state index is 13.0. The topological polar surface area (TPSA) is 59.8 Å². The number of rotatable bonds is 5. The summed E-state index contributed by atoms with van der Waals surface area (Å²) < 4.78 is 41.2. The summed E-state index contributed by atoms with van der Waals surface area (Å²) in [4.78, 5) is 12.2. The van der Waals surface area contributed by atoms with Crippen LogP contribution in [0.3, 0.4) is 0 Å². The number of nitrogens with one attached hydrogen (secondary N) is 1. The Hall–Kier alpha value is -2.03. The first-order chi connectivity index (χ1) is 12.9. The van der Waals surface area contributed by atoms with Gasteiger partial charge in [0.1, 0.15) is 5.82 Å². The Kier molecular flexibility index (Phi) is 6.08. The van der Waals surface area contributed by atoms with Crippen molar-refractivity contribution in [3.8, 4) is 0 Å². The summed E-state index contributed by atoms with van der Waals surface area (Å²) in [7, 11) is 0. The molecule has 1 N–H and O–H groups in total. The summed E-state index contributed by atoms with van der Waals surface area (Å²) in [6.45, 7) is 1.88. The number of nitrogens with zero attached hydrogens (tertiary/aromatic N) is 3. The first-order valence-corrected chi connectivity index (χ1v) is 9.85. The van der Waals surface area contributed by atoms with Gasteiger partial charge in [0.25, 0.3) is 0 Å². The third kappa shape index (κ3) is 4.82. The molecule has 1 amide bonds. The highest BCUT2D eigenvalue weighted by molar-refractivity contribution is 7.99. The molecule has 5 nitrogen and oxygen atoms in total. The third-order valence-corrected chi connectivity index (χ3v) is 5.56. The minimum Gasteiger partial charge on any atom is -0.325 e. The third-order valence-electron chi connectivity index (χ3n) is 4.61. The number of aryl methyl sites for hydroxylation is 1. The standard InChI is InChI=1S/C18H21F3N4OS/c1-12-23-24-17(25(12)13-7-3-2-4-8-13)27-11-16(26)22-15-10-6-5-9-14(15)18(19,20)21/h5-6,9-10,13H,2-4,7-8,11H2,1H3,(H,22,26). The highest BCUT2D eigenvalue weighted by atomic mass is 32.2. The van der Waals surface area contributed by atoms with Gasteiger partial charge in [0, 0.05) is 6.04 Å². The number of benzene rings is 1. The second-order valence-corrected chi connectivity index (χ2v) is 7.51. The number of alkyl halides is 3. The molecule has 1 heterocycles. The SMILES string of the molecule is Cc1nnc(SCC(=O)Nc2ccccc2C(F)(F)F)n1C1CCCCC1. The number of thioether (sulfide) groups is 1. The van der Waals surface area contributed by atoms with Crippen molar-refractivity contribution < 1.29 is 18.0 Å². The molecule has 1 aromatic carbocycles. The molecule has 0 saturated heterocycles. The van der Waals surface area contributed by atoms with E-state index in [0.29, 0.717) is 11.2 Å². The van der Waals surface area contributed by atoms with Gasteiger partial charge in [0.15, 0.2) is 5.16 Å². The molecule has 1 aliphatic carbocycles. The van der Waals surface area contributed by atoms with Crippen molar-refractivity contribution in [2.24, 2.45) is 0 Å². The van der Waals surface area contributed by atoms with E-state index < -0.39 is 17.6 Å². The van der Waals surface area contributed by atoms with Crippen LogP contribution >= 0.6 is 11.8 Å². The molecule has 27 heavy (non-hydrogen) atoms. The van der Waals surface area contributed by atoms with Gasteiger partial charge in [-0.3, -0.25) is 4.79 Å². The normalized spacial score (nSPS) is 15.7. The zero-order valence-corrected chi connectivity index (χ0v) is 15.7. The zero-order chi connectivity index (χ0) is 19.4. The molecule has 0 unspecified atom stereocenters. The Labute approximate surface area is 159 Å². The number of para-hydroxylation sites is 1. The van der Waals surface area contributed by atoms with Gasteiger partial charge < -0.3 is 9.88 Å². The average molecular weight is 398 g/mol. The van der Waals surface area contributed by atoms with Gasteiger partial charge in [-0.25, -0.2) is 0 Å². The fraction of sp³-hybridized carbons (Fsp3) is 0.500. The van der Waals surface area contributed by atoms with Crippen molar-refractivity contribution >= 4 is 23.4 Å². The second kappa shape index (κ2) is 8.33. The molecular weight excluding hydrogens is 377 g/mol. The molecule has 0 bridgehead atoms. The van der Waals surface area contributed by atoms with Gasteiger partial charge in [-0.15, -0.1) is 10.2 Å². The Bertz CT molecular complexity index is 800. The number of halogens is 3. The van der Waals surface area contributed by atoms with Crippen LogP contribution in [-0.2, 0) is 11.0 Å². The number of hydrogen-bond acceptors (Lipinski definition) is 4. The van der Waals surface area contributed by atoms with E-state index in [4.69, 9.17) is 0 Å². The number of carbonyl (C=O) groups is 1. The maximum Gasteiger partial charge on any atom is 0.418 e. The van der Waals surface area contributed by atoms with Crippen LogP contribution in [-0.4, -0.2) is 26.4 Å². The molecule has 0 aliphatic heterocycles. The molecule has 1 aliphatic rings. The van der Waals surface area contributed by atoms with Crippen LogP contribution in [0.15, 0.2) is 29.4 Å². The Morgan fingerprint density at radius 1 is 1.22 bits per heavy atom. The summed E-state index contributed by atoms with van der Waals surface area (Å²) in [5.41, 5.74) is -1.09. The minimum atomic E-state index is -4.52. The predicted octanol–water partition coefficient (Wildman–Crippen LogP) is 4.84. The van der Waals surface area contributed by atoms with Crippen LogP contribution in [0.1, 0.15) is 49.5 Å². The van der Waals surface area contributed by atoms with E-state index in [9.17, 15) is 18.0 Å². The van der Waals surface area contributed by atoms with Crippen molar-refractivity contribution in [1.29, 1.82) is 0 Å². The largest absolute Gasteiger partial charge is 0.418 e. The average Bonchev–Trinajstić information content (AvgIpc) is 3.01. The lowest BCUT2D eigenvalue weighted by atomic mass is 9.95. The van der Waals surface area contributed by atoms with Crippen molar-refractivity contribution in [3.63, 3.8) is 0 Å². The zero-order valence-electron chi connectivity index (χ0n) is 14.9. The number of anilines is 1. The first kappa shape index (κ1) is 19.7. The number of aromatic nitrogens is 3. The first-order valence-electron chi connectivity index (χ1n) is 8.86. The molecule has 2 aromatic rings. The van der Waals surface area contributed by atoms with Gasteiger partial charge in [-0.2, -0.15) is 13.2 Å². The molecule has 146 valence electrons. The smallest absolute Gasteiger partial charge is 0.325 e. The molecule has 0 radical (unpaired) electrons. The van der Waals surface area contributed by atoms with Crippen LogP contribution in [0, 0.1) is 6.92 Å². The molecule has 1 fully saturated rings. The van der Waals surface area contributed by atoms with E-state index >= 15 is 0 Å². The van der Waals surface area contributed by atoms with Crippen molar-refractivity contribution in [2.75, 3.05) is 11.1 Å². The summed E-state index contributed by atoms with van der Waals surface area (Å²) >= 11 is 1.20. The van der Waals surface area contributed by atoms with E-state index in [1.54, 1.807) is 0 Å². The predicted molar refractivity (Wildman–Crippen MR) is 97.7 cm³/mol. The Morgan fingerprint density at radius 3 is 2.63 bits per heavy atom. The summed E-state index contributed by atoms with van der Waals surface area (Å²) in [6.07, 6.45) is 1.12. The number of amides is 1. The molecule has 0 spiro atoms. The lowest BCUT2D eigenvalue weighted by Crippen LogP contribution is -2.19. The van der Waals surface area contributed by atoms with E-state index in [1.807, 2.05) is 6.92 Å². The summed E-state index contributed by atoms with van der Waals surface area (Å²) in [5.74, 6) is 0.261. The Balaban J connectivity index is 1.66. The lowest BCUT2D eigenvalue weighted by molar-refractivity contribution is -0.137. The molecule has 1 saturated carbocycles. The van der Waals surface area contributed by atoms with E-state index in [0.717, 1.165) is 37.6 Å². The van der Waals surface area contributed by atoms with Crippen molar-refractivity contribution in [2.45, 2.75) is 56.4 Å². The summed E-state index contributed by atoms with van der Waals surface area (Å²) in [5, 5.41) is 11.2. The Morgan fingerprint density at radius 2 is 1.93 bits per heavy atom. The molecule has 3 rings (SSSR count). The quantitative estimate of drug-likeness (QED) is 0.732. The van der Waals surface area contributed by atoms with Gasteiger partial charge in [-0.05, 0) is 31.9 Å². The lowest BCUT2D eigenvalue weighted by Gasteiger charge is -2.24. The monoisotopic (exact) mass is 398 g/mol. The van der Waals surface area contributed by atoms with E-state index in [-0.39, 0.29) is 11.4 Å². The number of carbonyl (C=O) groups excluding carboxylic acids is 1. The highest BCUT2D eigenvalue weighted by Crippen LogP contribution is 2.35. The van der Waals surface area contributed by atoms with Crippen LogP contribution in [0.4, 0.5) is 18.9 Å². The van der Waals surface area contributed by atoms with Crippen LogP contribution in [0.25, 0.3) is 0 Å². The van der Waals surface area contributed by atoms with Crippen LogP contribution in [0.2, 0.25) is 0 Å². The van der Waals surface area contributed by atoms with E-state index in [2.05, 4.69) is 20.1 Å². The van der Waals surface area contributed by atoms with Crippen molar-refractivity contribution in [1.82, 2.24) is 14.8 Å². The molecule has 9 heteroatoms.